The summed E-state index contributed by atoms with van der Waals surface area (Å²) in [5.74, 6) is -0.00415. The van der Waals surface area contributed by atoms with E-state index in [2.05, 4.69) is 33.9 Å². The Labute approximate surface area is 158 Å². The normalized spacial score (nSPS) is 13.8. The lowest BCUT2D eigenvalue weighted by Gasteiger charge is -2.27. The summed E-state index contributed by atoms with van der Waals surface area (Å²) in [7, 11) is 0. The van der Waals surface area contributed by atoms with Crippen LogP contribution in [0.15, 0.2) is 16.9 Å². The van der Waals surface area contributed by atoms with Crippen LogP contribution in [0.4, 0.5) is 5.13 Å². The fourth-order valence-electron chi connectivity index (χ4n) is 3.13. The van der Waals surface area contributed by atoms with Gasteiger partial charge in [0.15, 0.2) is 5.13 Å². The van der Waals surface area contributed by atoms with Crippen molar-refractivity contribution in [3.05, 3.63) is 38.6 Å². The van der Waals surface area contributed by atoms with Gasteiger partial charge in [-0.15, -0.1) is 11.3 Å². The number of carbonyl (C=O) groups excluding carboxylic acids is 1. The zero-order valence-corrected chi connectivity index (χ0v) is 16.2. The number of fused-ring (bicyclic) bond motifs is 2. The maximum atomic E-state index is 12.9. The van der Waals surface area contributed by atoms with Crippen LogP contribution < -0.4 is 10.5 Å². The van der Waals surface area contributed by atoms with E-state index in [1.165, 1.54) is 17.4 Å². The van der Waals surface area contributed by atoms with Crippen molar-refractivity contribution >= 4 is 43.2 Å². The number of aromatic amines is 1. The van der Waals surface area contributed by atoms with Gasteiger partial charge in [-0.1, -0.05) is 11.3 Å². The topological polar surface area (TPSA) is 82.2 Å². The summed E-state index contributed by atoms with van der Waals surface area (Å²) in [4.78, 5) is 34.7. The highest BCUT2D eigenvalue weighted by atomic mass is 32.1. The second-order valence-electron chi connectivity index (χ2n) is 6.13. The molecule has 0 spiro atoms. The predicted octanol–water partition coefficient (Wildman–Crippen LogP) is 2.49. The van der Waals surface area contributed by atoms with E-state index in [4.69, 9.17) is 0 Å². The van der Waals surface area contributed by atoms with Crippen LogP contribution in [0.3, 0.4) is 0 Å². The monoisotopic (exact) mass is 389 g/mol. The number of nitrogens with zero attached hydrogens (tertiary/aromatic N) is 4. The Morgan fingerprint density at radius 2 is 2.12 bits per heavy atom. The molecule has 0 atom stereocenters. The Kier molecular flexibility index (Phi) is 4.49. The van der Waals surface area contributed by atoms with Gasteiger partial charge in [0.05, 0.1) is 15.3 Å². The van der Waals surface area contributed by atoms with Crippen molar-refractivity contribution in [1.82, 2.24) is 20.1 Å². The molecule has 0 aliphatic carbocycles. The summed E-state index contributed by atoms with van der Waals surface area (Å²) in [5, 5.41) is 7.53. The van der Waals surface area contributed by atoms with Crippen LogP contribution in [0.25, 0.3) is 9.53 Å². The number of thiazole rings is 1. The minimum Gasteiger partial charge on any atom is -0.349 e. The third kappa shape index (κ3) is 3.01. The highest BCUT2D eigenvalue weighted by molar-refractivity contribution is 7.29. The lowest BCUT2D eigenvalue weighted by atomic mass is 10.1. The average Bonchev–Trinajstić information content (AvgIpc) is 3.20. The molecule has 3 aromatic rings. The van der Waals surface area contributed by atoms with Crippen LogP contribution in [0.5, 0.6) is 0 Å². The van der Waals surface area contributed by atoms with E-state index >= 15 is 0 Å². The minimum atomic E-state index is -0.234. The zero-order chi connectivity index (χ0) is 18.3. The van der Waals surface area contributed by atoms with Crippen molar-refractivity contribution < 1.29 is 4.79 Å². The van der Waals surface area contributed by atoms with Crippen LogP contribution in [0.1, 0.15) is 34.8 Å². The second kappa shape index (κ2) is 6.81. The summed E-state index contributed by atoms with van der Waals surface area (Å²) < 4.78 is 1.05. The number of hydrogen-bond donors (Lipinski definition) is 1. The van der Waals surface area contributed by atoms with Crippen LogP contribution in [-0.2, 0) is 13.0 Å². The molecule has 4 rings (SSSR count). The van der Waals surface area contributed by atoms with Crippen LogP contribution in [0, 0.1) is 0 Å². The molecular weight excluding hydrogens is 370 g/mol. The third-order valence-corrected chi connectivity index (χ3v) is 6.78. The smallest absolute Gasteiger partial charge is 0.264 e. The molecule has 9 heteroatoms. The summed E-state index contributed by atoms with van der Waals surface area (Å²) in [6, 6.07) is 3.48. The molecule has 1 aliphatic heterocycles. The van der Waals surface area contributed by atoms with Gasteiger partial charge < -0.3 is 9.80 Å². The molecule has 0 aromatic carbocycles. The minimum absolute atomic E-state index is 0.00415. The SMILES string of the molecule is CCN(CC)c1nc2sc(C(=O)N3CCc4n[nH]c(=O)cc4C3)cc2s1. The molecule has 7 nitrogen and oxygen atoms in total. The lowest BCUT2D eigenvalue weighted by Crippen LogP contribution is -2.37. The Balaban J connectivity index is 1.57. The number of rotatable bonds is 4. The Morgan fingerprint density at radius 1 is 1.31 bits per heavy atom. The number of H-pyrrole nitrogens is 1. The molecular formula is C17H19N5O2S2. The Bertz CT molecular complexity index is 986. The summed E-state index contributed by atoms with van der Waals surface area (Å²) in [5.41, 5.74) is 1.46. The van der Waals surface area contributed by atoms with E-state index in [1.54, 1.807) is 16.2 Å². The predicted molar refractivity (Wildman–Crippen MR) is 104 cm³/mol. The number of thiophene rings is 1. The van der Waals surface area contributed by atoms with Crippen molar-refractivity contribution in [2.24, 2.45) is 0 Å². The zero-order valence-electron chi connectivity index (χ0n) is 14.6. The van der Waals surface area contributed by atoms with Crippen molar-refractivity contribution in [3.8, 4) is 0 Å². The van der Waals surface area contributed by atoms with Gasteiger partial charge in [-0.25, -0.2) is 10.1 Å². The molecule has 136 valence electrons. The molecule has 26 heavy (non-hydrogen) atoms. The second-order valence-corrected chi connectivity index (χ2v) is 8.17. The molecule has 0 unspecified atom stereocenters. The number of hydrogen-bond acceptors (Lipinski definition) is 7. The fraction of sp³-hybridized carbons (Fsp3) is 0.412. The highest BCUT2D eigenvalue weighted by Crippen LogP contribution is 2.35. The van der Waals surface area contributed by atoms with Gasteiger partial charge in [0.2, 0.25) is 0 Å². The first-order chi connectivity index (χ1) is 12.6. The summed E-state index contributed by atoms with van der Waals surface area (Å²) in [6.45, 7) is 7.10. The van der Waals surface area contributed by atoms with Crippen molar-refractivity contribution in [2.45, 2.75) is 26.8 Å². The number of carbonyl (C=O) groups is 1. The van der Waals surface area contributed by atoms with Gasteiger partial charge in [0.25, 0.3) is 11.5 Å². The standard InChI is InChI=1S/C17H19N5O2S2/c1-3-21(4-2)17-18-15-12(26-17)8-13(25-15)16(24)22-6-5-11-10(9-22)7-14(23)20-19-11/h7-8H,3-6,9H2,1-2H3,(H,20,23). The molecule has 0 saturated heterocycles. The van der Waals surface area contributed by atoms with E-state index in [1.807, 2.05) is 6.07 Å². The van der Waals surface area contributed by atoms with E-state index in [9.17, 15) is 9.59 Å². The maximum absolute atomic E-state index is 12.9. The third-order valence-electron chi connectivity index (χ3n) is 4.57. The van der Waals surface area contributed by atoms with Gasteiger partial charge in [0.1, 0.15) is 4.83 Å². The van der Waals surface area contributed by atoms with Crippen molar-refractivity contribution in [1.29, 1.82) is 0 Å². The van der Waals surface area contributed by atoms with Gasteiger partial charge in [0, 0.05) is 44.2 Å². The van der Waals surface area contributed by atoms with Crippen molar-refractivity contribution in [3.63, 3.8) is 0 Å². The van der Waals surface area contributed by atoms with E-state index in [0.29, 0.717) is 24.4 Å². The molecule has 1 amide bonds. The Morgan fingerprint density at radius 3 is 2.85 bits per heavy atom. The Hall–Kier alpha value is -2.26. The largest absolute Gasteiger partial charge is 0.349 e. The summed E-state index contributed by atoms with van der Waals surface area (Å²) >= 11 is 3.07. The van der Waals surface area contributed by atoms with Gasteiger partial charge in [-0.05, 0) is 19.9 Å². The first-order valence-corrected chi connectivity index (χ1v) is 10.2. The van der Waals surface area contributed by atoms with Gasteiger partial charge >= 0.3 is 0 Å². The van der Waals surface area contributed by atoms with Crippen molar-refractivity contribution in [2.75, 3.05) is 24.5 Å². The fourth-order valence-corrected chi connectivity index (χ4v) is 5.44. The van der Waals surface area contributed by atoms with Gasteiger partial charge in [-0.2, -0.15) is 5.10 Å². The van der Waals surface area contributed by atoms with Crippen LogP contribution in [0.2, 0.25) is 0 Å². The summed E-state index contributed by atoms with van der Waals surface area (Å²) in [6.07, 6.45) is 0.655. The number of anilines is 1. The maximum Gasteiger partial charge on any atom is 0.264 e. The molecule has 1 N–H and O–H groups in total. The number of amides is 1. The molecule has 3 aromatic heterocycles. The van der Waals surface area contributed by atoms with Crippen LogP contribution >= 0.6 is 22.7 Å². The quantitative estimate of drug-likeness (QED) is 0.741. The molecule has 4 heterocycles. The first kappa shape index (κ1) is 17.2. The number of aromatic nitrogens is 3. The number of nitrogens with one attached hydrogen (secondary N) is 1. The highest BCUT2D eigenvalue weighted by Gasteiger charge is 2.25. The average molecular weight is 390 g/mol. The molecule has 0 radical (unpaired) electrons. The molecule has 0 bridgehead atoms. The molecule has 0 saturated carbocycles. The molecule has 1 aliphatic rings. The molecule has 0 fully saturated rings. The van der Waals surface area contributed by atoms with E-state index in [0.717, 1.165) is 39.0 Å². The van der Waals surface area contributed by atoms with E-state index < -0.39 is 0 Å². The van der Waals surface area contributed by atoms with E-state index in [-0.39, 0.29) is 11.5 Å². The first-order valence-electron chi connectivity index (χ1n) is 8.61. The van der Waals surface area contributed by atoms with Gasteiger partial charge in [-0.3, -0.25) is 9.59 Å². The lowest BCUT2D eigenvalue weighted by molar-refractivity contribution is 0.0738. The van der Waals surface area contributed by atoms with Crippen LogP contribution in [-0.4, -0.2) is 45.6 Å².